The van der Waals surface area contributed by atoms with Crippen molar-refractivity contribution in [2.75, 3.05) is 0 Å². The zero-order valence-corrected chi connectivity index (χ0v) is 10.8. The molecule has 0 aliphatic heterocycles. The highest BCUT2D eigenvalue weighted by molar-refractivity contribution is 5.83. The summed E-state index contributed by atoms with van der Waals surface area (Å²) in [5, 5.41) is 11.5. The van der Waals surface area contributed by atoms with Gasteiger partial charge in [0.1, 0.15) is 0 Å². The van der Waals surface area contributed by atoms with Gasteiger partial charge >= 0.3 is 5.97 Å². The van der Waals surface area contributed by atoms with Gasteiger partial charge in [0.05, 0.1) is 5.41 Å². The average molecular weight is 242 g/mol. The maximum Gasteiger partial charge on any atom is 0.309 e. The fourth-order valence-corrected chi connectivity index (χ4v) is 1.96. The minimum Gasteiger partial charge on any atom is -0.481 e. The van der Waals surface area contributed by atoms with Crippen LogP contribution in [0.4, 0.5) is 0 Å². The first-order chi connectivity index (χ1) is 8.49. The number of fused-ring (bicyclic) bond motifs is 1. The van der Waals surface area contributed by atoms with Crippen LogP contribution >= 0.6 is 0 Å². The molecule has 2 aromatic carbocycles. The van der Waals surface area contributed by atoms with E-state index in [0.717, 1.165) is 6.42 Å². The number of carboxylic acids is 1. The van der Waals surface area contributed by atoms with Crippen LogP contribution in [0.2, 0.25) is 0 Å². The summed E-state index contributed by atoms with van der Waals surface area (Å²) in [6.07, 6.45) is 1.45. The maximum atomic E-state index is 11.1. The van der Waals surface area contributed by atoms with Crippen molar-refractivity contribution in [2.24, 2.45) is 5.41 Å². The van der Waals surface area contributed by atoms with E-state index in [-0.39, 0.29) is 0 Å². The van der Waals surface area contributed by atoms with E-state index < -0.39 is 11.4 Å². The van der Waals surface area contributed by atoms with E-state index >= 15 is 0 Å². The van der Waals surface area contributed by atoms with Gasteiger partial charge < -0.3 is 5.11 Å². The van der Waals surface area contributed by atoms with Gasteiger partial charge in [-0.05, 0) is 43.0 Å². The van der Waals surface area contributed by atoms with E-state index in [9.17, 15) is 4.79 Å². The van der Waals surface area contributed by atoms with Crippen molar-refractivity contribution in [3.05, 3.63) is 48.0 Å². The molecule has 94 valence electrons. The molecule has 0 amide bonds. The van der Waals surface area contributed by atoms with E-state index in [4.69, 9.17) is 5.11 Å². The molecule has 0 fully saturated rings. The molecule has 0 heterocycles. The van der Waals surface area contributed by atoms with Crippen LogP contribution in [0.3, 0.4) is 0 Å². The first-order valence-electron chi connectivity index (χ1n) is 6.20. The van der Waals surface area contributed by atoms with Crippen LogP contribution in [0.25, 0.3) is 10.8 Å². The van der Waals surface area contributed by atoms with Gasteiger partial charge in [0.2, 0.25) is 0 Å². The van der Waals surface area contributed by atoms with Gasteiger partial charge in [-0.3, -0.25) is 4.79 Å². The lowest BCUT2D eigenvalue weighted by Crippen LogP contribution is -2.24. The van der Waals surface area contributed by atoms with Gasteiger partial charge in [-0.15, -0.1) is 0 Å². The van der Waals surface area contributed by atoms with Crippen LogP contribution < -0.4 is 0 Å². The molecular weight excluding hydrogens is 224 g/mol. The Labute approximate surface area is 107 Å². The van der Waals surface area contributed by atoms with Crippen LogP contribution in [0.5, 0.6) is 0 Å². The Bertz CT molecular complexity index is 570. The van der Waals surface area contributed by atoms with Crippen LogP contribution in [0, 0.1) is 5.41 Å². The second-order valence-electron chi connectivity index (χ2n) is 5.37. The summed E-state index contributed by atoms with van der Waals surface area (Å²) in [6.45, 7) is 3.55. The number of aryl methyl sites for hydroxylation is 1. The van der Waals surface area contributed by atoms with Gasteiger partial charge in [-0.1, -0.05) is 42.5 Å². The maximum absolute atomic E-state index is 11.1. The van der Waals surface area contributed by atoms with Gasteiger partial charge in [0, 0.05) is 0 Å². The molecule has 2 heteroatoms. The van der Waals surface area contributed by atoms with Crippen molar-refractivity contribution in [2.45, 2.75) is 26.7 Å². The Balaban J connectivity index is 2.15. The first-order valence-corrected chi connectivity index (χ1v) is 6.20. The summed E-state index contributed by atoms with van der Waals surface area (Å²) in [6, 6.07) is 14.5. The van der Waals surface area contributed by atoms with Gasteiger partial charge in [-0.2, -0.15) is 0 Å². The molecule has 0 aliphatic carbocycles. The second kappa shape index (κ2) is 4.81. The third-order valence-corrected chi connectivity index (χ3v) is 3.43. The molecule has 0 aliphatic rings. The van der Waals surface area contributed by atoms with Crippen LogP contribution in [-0.4, -0.2) is 11.1 Å². The Morgan fingerprint density at radius 1 is 1.11 bits per heavy atom. The summed E-state index contributed by atoms with van der Waals surface area (Å²) >= 11 is 0. The standard InChI is InChI=1S/C16H18O2/c1-16(2,15(17)18)10-9-12-7-8-13-5-3-4-6-14(13)11-12/h3-8,11H,9-10H2,1-2H3,(H,17,18). The summed E-state index contributed by atoms with van der Waals surface area (Å²) in [5.74, 6) is -0.733. The Morgan fingerprint density at radius 3 is 2.44 bits per heavy atom. The van der Waals surface area contributed by atoms with E-state index in [1.807, 2.05) is 12.1 Å². The van der Waals surface area contributed by atoms with E-state index in [1.54, 1.807) is 13.8 Å². The monoisotopic (exact) mass is 242 g/mol. The van der Waals surface area contributed by atoms with Crippen molar-refractivity contribution in [1.29, 1.82) is 0 Å². The summed E-state index contributed by atoms with van der Waals surface area (Å²) < 4.78 is 0. The molecule has 2 rings (SSSR count). The first kappa shape index (κ1) is 12.6. The van der Waals surface area contributed by atoms with Crippen LogP contribution in [-0.2, 0) is 11.2 Å². The predicted molar refractivity (Wildman–Crippen MR) is 73.7 cm³/mol. The Hall–Kier alpha value is -1.83. The predicted octanol–water partition coefficient (Wildman–Crippen LogP) is 3.88. The van der Waals surface area contributed by atoms with Gasteiger partial charge in [-0.25, -0.2) is 0 Å². The fourth-order valence-electron chi connectivity index (χ4n) is 1.96. The lowest BCUT2D eigenvalue weighted by atomic mass is 9.86. The third-order valence-electron chi connectivity index (χ3n) is 3.43. The lowest BCUT2D eigenvalue weighted by molar-refractivity contribution is -0.147. The number of hydrogen-bond donors (Lipinski definition) is 1. The molecule has 2 aromatic rings. The normalized spacial score (nSPS) is 11.7. The smallest absolute Gasteiger partial charge is 0.309 e. The van der Waals surface area contributed by atoms with Crippen molar-refractivity contribution in [1.82, 2.24) is 0 Å². The molecule has 0 unspecified atom stereocenters. The highest BCUT2D eigenvalue weighted by Crippen LogP contribution is 2.24. The zero-order valence-electron chi connectivity index (χ0n) is 10.8. The van der Waals surface area contributed by atoms with Crippen molar-refractivity contribution < 1.29 is 9.90 Å². The molecule has 0 spiro atoms. The van der Waals surface area contributed by atoms with E-state index in [1.165, 1.54) is 16.3 Å². The molecule has 18 heavy (non-hydrogen) atoms. The highest BCUT2D eigenvalue weighted by Gasteiger charge is 2.26. The third kappa shape index (κ3) is 2.70. The number of carboxylic acid groups (broad SMARTS) is 1. The van der Waals surface area contributed by atoms with Gasteiger partial charge in [0.15, 0.2) is 0 Å². The molecule has 0 saturated carbocycles. The number of benzene rings is 2. The second-order valence-corrected chi connectivity index (χ2v) is 5.37. The summed E-state index contributed by atoms with van der Waals surface area (Å²) in [5.41, 5.74) is 0.536. The SMILES string of the molecule is CC(C)(CCc1ccc2ccccc2c1)C(=O)O. The molecule has 0 radical (unpaired) electrons. The van der Waals surface area contributed by atoms with E-state index in [2.05, 4.69) is 30.3 Å². The number of rotatable bonds is 4. The minimum absolute atomic E-state index is 0.653. The molecule has 0 aromatic heterocycles. The fraction of sp³-hybridized carbons (Fsp3) is 0.312. The highest BCUT2D eigenvalue weighted by atomic mass is 16.4. The van der Waals surface area contributed by atoms with Crippen LogP contribution in [0.15, 0.2) is 42.5 Å². The molecule has 2 nitrogen and oxygen atoms in total. The van der Waals surface area contributed by atoms with Crippen molar-refractivity contribution >= 4 is 16.7 Å². The number of carbonyl (C=O) groups is 1. The average Bonchev–Trinajstić information content (AvgIpc) is 2.36. The summed E-state index contributed by atoms with van der Waals surface area (Å²) in [4.78, 5) is 11.1. The van der Waals surface area contributed by atoms with Crippen molar-refractivity contribution in [3.63, 3.8) is 0 Å². The van der Waals surface area contributed by atoms with Crippen molar-refractivity contribution in [3.8, 4) is 0 Å². The number of hydrogen-bond acceptors (Lipinski definition) is 1. The molecule has 0 bridgehead atoms. The molecule has 1 N–H and O–H groups in total. The quantitative estimate of drug-likeness (QED) is 0.883. The largest absolute Gasteiger partial charge is 0.481 e. The lowest BCUT2D eigenvalue weighted by Gasteiger charge is -2.18. The molecular formula is C16H18O2. The summed E-state index contributed by atoms with van der Waals surface area (Å²) in [7, 11) is 0. The number of aliphatic carboxylic acids is 1. The molecule has 0 saturated heterocycles. The topological polar surface area (TPSA) is 37.3 Å². The molecule has 0 atom stereocenters. The Morgan fingerprint density at radius 2 is 1.78 bits per heavy atom. The van der Waals surface area contributed by atoms with Gasteiger partial charge in [0.25, 0.3) is 0 Å². The zero-order chi connectivity index (χ0) is 13.2. The Kier molecular flexibility index (Phi) is 3.37. The van der Waals surface area contributed by atoms with E-state index in [0.29, 0.717) is 6.42 Å². The minimum atomic E-state index is -0.733. The van der Waals surface area contributed by atoms with Crippen LogP contribution in [0.1, 0.15) is 25.8 Å².